The first kappa shape index (κ1) is 14.6. The molecule has 2 rings (SSSR count). The number of nitrogens with one attached hydrogen (secondary N) is 1. The van der Waals surface area contributed by atoms with Gasteiger partial charge in [0.25, 0.3) is 0 Å². The molecule has 0 atom stereocenters. The van der Waals surface area contributed by atoms with Crippen LogP contribution in [0.2, 0.25) is 0 Å². The number of hydrogen-bond donors (Lipinski definition) is 1. The zero-order valence-corrected chi connectivity index (χ0v) is 12.6. The number of aromatic nitrogens is 4. The van der Waals surface area contributed by atoms with Gasteiger partial charge in [0.15, 0.2) is 0 Å². The van der Waals surface area contributed by atoms with E-state index in [-0.39, 0.29) is 5.54 Å². The Morgan fingerprint density at radius 3 is 2.65 bits per heavy atom. The van der Waals surface area contributed by atoms with Gasteiger partial charge in [-0.3, -0.25) is 9.36 Å². The fourth-order valence-corrected chi connectivity index (χ4v) is 1.78. The number of ether oxygens (including phenoxy) is 1. The molecule has 0 aliphatic rings. The van der Waals surface area contributed by atoms with Gasteiger partial charge < -0.3 is 10.1 Å². The summed E-state index contributed by atoms with van der Waals surface area (Å²) in [7, 11) is 1.69. The Hall–Kier alpha value is -1.82. The molecule has 0 amide bonds. The second kappa shape index (κ2) is 6.09. The number of anilines is 1. The Morgan fingerprint density at radius 1 is 1.20 bits per heavy atom. The van der Waals surface area contributed by atoms with Gasteiger partial charge in [0, 0.05) is 31.6 Å². The molecular weight excluding hydrogens is 254 g/mol. The van der Waals surface area contributed by atoms with Gasteiger partial charge in [-0.2, -0.15) is 10.2 Å². The molecule has 6 nitrogen and oxygen atoms in total. The van der Waals surface area contributed by atoms with Gasteiger partial charge in [0.05, 0.1) is 36.8 Å². The average molecular weight is 277 g/mol. The van der Waals surface area contributed by atoms with Crippen molar-refractivity contribution in [1.82, 2.24) is 19.6 Å². The third-order valence-corrected chi connectivity index (χ3v) is 2.98. The first-order valence-corrected chi connectivity index (χ1v) is 6.78. The van der Waals surface area contributed by atoms with Crippen molar-refractivity contribution >= 4 is 5.69 Å². The summed E-state index contributed by atoms with van der Waals surface area (Å²) >= 11 is 0. The van der Waals surface area contributed by atoms with Gasteiger partial charge in [-0.05, 0) is 20.8 Å². The molecular formula is C14H23N5O. The van der Waals surface area contributed by atoms with Crippen LogP contribution in [0.4, 0.5) is 5.69 Å². The van der Waals surface area contributed by atoms with Crippen LogP contribution in [-0.4, -0.2) is 33.3 Å². The topological polar surface area (TPSA) is 56.9 Å². The molecule has 6 heteroatoms. The van der Waals surface area contributed by atoms with Crippen molar-refractivity contribution in [2.45, 2.75) is 39.4 Å². The van der Waals surface area contributed by atoms with E-state index < -0.39 is 0 Å². The summed E-state index contributed by atoms with van der Waals surface area (Å²) < 4.78 is 8.87. The van der Waals surface area contributed by atoms with Crippen LogP contribution >= 0.6 is 0 Å². The highest BCUT2D eigenvalue weighted by molar-refractivity contribution is 5.38. The summed E-state index contributed by atoms with van der Waals surface area (Å²) in [4.78, 5) is 0. The fourth-order valence-electron chi connectivity index (χ4n) is 1.78. The standard InChI is InChI=1S/C14H23N5O/c1-14(2,3)19-10-12(8-17-19)7-15-13-9-16-18(11-13)5-6-20-4/h8-11,15H,5-7H2,1-4H3. The number of hydrogen-bond acceptors (Lipinski definition) is 4. The predicted octanol–water partition coefficient (Wildman–Crippen LogP) is 2.09. The molecule has 0 aliphatic carbocycles. The lowest BCUT2D eigenvalue weighted by molar-refractivity contribution is 0.183. The Balaban J connectivity index is 1.88. The molecule has 1 N–H and O–H groups in total. The summed E-state index contributed by atoms with van der Waals surface area (Å²) in [5.74, 6) is 0. The zero-order valence-electron chi connectivity index (χ0n) is 12.6. The Bertz CT molecular complexity index is 538. The van der Waals surface area contributed by atoms with E-state index in [1.807, 2.05) is 28.0 Å². The minimum Gasteiger partial charge on any atom is -0.383 e. The van der Waals surface area contributed by atoms with E-state index in [1.165, 1.54) is 0 Å². The minimum absolute atomic E-state index is 0.0171. The Kier molecular flexibility index (Phi) is 4.44. The molecule has 2 heterocycles. The van der Waals surface area contributed by atoms with Crippen LogP contribution in [0.3, 0.4) is 0 Å². The predicted molar refractivity (Wildman–Crippen MR) is 78.7 cm³/mol. The molecule has 0 bridgehead atoms. The third kappa shape index (κ3) is 3.84. The van der Waals surface area contributed by atoms with Crippen molar-refractivity contribution in [2.24, 2.45) is 0 Å². The maximum Gasteiger partial charge on any atom is 0.0729 e. The largest absolute Gasteiger partial charge is 0.383 e. The van der Waals surface area contributed by atoms with Crippen molar-refractivity contribution in [2.75, 3.05) is 19.0 Å². The highest BCUT2D eigenvalue weighted by Crippen LogP contribution is 2.14. The molecule has 2 aromatic rings. The first-order chi connectivity index (χ1) is 9.49. The van der Waals surface area contributed by atoms with Gasteiger partial charge >= 0.3 is 0 Å². The van der Waals surface area contributed by atoms with E-state index in [0.717, 1.165) is 24.3 Å². The van der Waals surface area contributed by atoms with Crippen molar-refractivity contribution in [1.29, 1.82) is 0 Å². The van der Waals surface area contributed by atoms with Crippen molar-refractivity contribution < 1.29 is 4.74 Å². The van der Waals surface area contributed by atoms with Crippen LogP contribution in [0.1, 0.15) is 26.3 Å². The van der Waals surface area contributed by atoms with E-state index >= 15 is 0 Å². The summed E-state index contributed by atoms with van der Waals surface area (Å²) in [5, 5.41) is 12.0. The van der Waals surface area contributed by atoms with Gasteiger partial charge in [0.1, 0.15) is 0 Å². The number of nitrogens with zero attached hydrogens (tertiary/aromatic N) is 4. The quantitative estimate of drug-likeness (QED) is 0.878. The highest BCUT2D eigenvalue weighted by Gasteiger charge is 2.13. The lowest BCUT2D eigenvalue weighted by Gasteiger charge is -2.18. The van der Waals surface area contributed by atoms with Gasteiger partial charge in [0.2, 0.25) is 0 Å². The first-order valence-electron chi connectivity index (χ1n) is 6.78. The molecule has 0 radical (unpaired) electrons. The Morgan fingerprint density at radius 2 is 2.00 bits per heavy atom. The molecule has 0 fully saturated rings. The lowest BCUT2D eigenvalue weighted by atomic mass is 10.1. The van der Waals surface area contributed by atoms with E-state index in [2.05, 4.69) is 42.5 Å². The average Bonchev–Trinajstić information content (AvgIpc) is 3.02. The fraction of sp³-hybridized carbons (Fsp3) is 0.571. The molecule has 2 aromatic heterocycles. The second-order valence-corrected chi connectivity index (χ2v) is 5.80. The van der Waals surface area contributed by atoms with Crippen molar-refractivity contribution in [3.8, 4) is 0 Å². The van der Waals surface area contributed by atoms with Crippen LogP contribution in [0, 0.1) is 0 Å². The van der Waals surface area contributed by atoms with Crippen molar-refractivity contribution in [3.05, 3.63) is 30.4 Å². The zero-order chi connectivity index (χ0) is 14.6. The van der Waals surface area contributed by atoms with Crippen LogP contribution in [0.5, 0.6) is 0 Å². The molecule has 0 saturated carbocycles. The van der Waals surface area contributed by atoms with Crippen LogP contribution in [-0.2, 0) is 23.4 Å². The molecule has 0 saturated heterocycles. The molecule has 110 valence electrons. The summed E-state index contributed by atoms with van der Waals surface area (Å²) in [6.07, 6.45) is 7.77. The lowest BCUT2D eigenvalue weighted by Crippen LogP contribution is -2.21. The molecule has 0 unspecified atom stereocenters. The van der Waals surface area contributed by atoms with Gasteiger partial charge in [-0.15, -0.1) is 0 Å². The number of rotatable bonds is 6. The van der Waals surface area contributed by atoms with E-state index in [9.17, 15) is 0 Å². The molecule has 0 spiro atoms. The normalized spacial score (nSPS) is 11.8. The Labute approximate surface area is 119 Å². The monoisotopic (exact) mass is 277 g/mol. The van der Waals surface area contributed by atoms with E-state index in [4.69, 9.17) is 4.74 Å². The highest BCUT2D eigenvalue weighted by atomic mass is 16.5. The molecule has 0 aromatic carbocycles. The van der Waals surface area contributed by atoms with Crippen LogP contribution < -0.4 is 5.32 Å². The molecule has 0 aliphatic heterocycles. The third-order valence-electron chi connectivity index (χ3n) is 2.98. The SMILES string of the molecule is COCCn1cc(NCc2cnn(C(C)(C)C)c2)cn1. The van der Waals surface area contributed by atoms with Crippen molar-refractivity contribution in [3.63, 3.8) is 0 Å². The maximum atomic E-state index is 5.03. The van der Waals surface area contributed by atoms with Crippen LogP contribution in [0.15, 0.2) is 24.8 Å². The van der Waals surface area contributed by atoms with Gasteiger partial charge in [-0.1, -0.05) is 0 Å². The summed E-state index contributed by atoms with van der Waals surface area (Å²) in [6, 6.07) is 0. The van der Waals surface area contributed by atoms with Gasteiger partial charge in [-0.25, -0.2) is 0 Å². The summed E-state index contributed by atoms with van der Waals surface area (Å²) in [5.41, 5.74) is 2.18. The second-order valence-electron chi connectivity index (χ2n) is 5.80. The van der Waals surface area contributed by atoms with E-state index in [0.29, 0.717) is 6.61 Å². The van der Waals surface area contributed by atoms with E-state index in [1.54, 1.807) is 7.11 Å². The maximum absolute atomic E-state index is 5.03. The minimum atomic E-state index is 0.0171. The molecule has 20 heavy (non-hydrogen) atoms. The van der Waals surface area contributed by atoms with Crippen LogP contribution in [0.25, 0.3) is 0 Å². The smallest absolute Gasteiger partial charge is 0.0729 e. The number of methoxy groups -OCH3 is 1. The summed E-state index contributed by atoms with van der Waals surface area (Å²) in [6.45, 7) is 8.58.